The molecule has 0 aliphatic rings. The summed E-state index contributed by atoms with van der Waals surface area (Å²) >= 11 is 0. The molecule has 1 aromatic heterocycles. The molecule has 76 valence electrons. The van der Waals surface area contributed by atoms with Crippen molar-refractivity contribution in [1.29, 1.82) is 0 Å². The highest BCUT2D eigenvalue weighted by Crippen LogP contribution is 2.26. The minimum absolute atomic E-state index is 0.0489. The number of carbonyl (C=O) groups is 1. The quantitative estimate of drug-likeness (QED) is 0.686. The van der Waals surface area contributed by atoms with Crippen LogP contribution in [0.1, 0.15) is 24.3 Å². The number of rotatable bonds is 4. The third-order valence-corrected chi connectivity index (χ3v) is 1.56. The topological polar surface area (TPSA) is 48.4 Å². The average molecular weight is 195 g/mol. The predicted molar refractivity (Wildman–Crippen MR) is 51.9 cm³/mol. The fourth-order valence-electron chi connectivity index (χ4n) is 1.01. The number of pyridine rings is 1. The van der Waals surface area contributed by atoms with E-state index in [-0.39, 0.29) is 6.10 Å². The Labute approximate surface area is 82.9 Å². The van der Waals surface area contributed by atoms with E-state index in [0.29, 0.717) is 23.5 Å². The smallest absolute Gasteiger partial charge is 0.179 e. The normalized spacial score (nSPS) is 10.0. The summed E-state index contributed by atoms with van der Waals surface area (Å²) in [6.07, 6.45) is 2.21. The lowest BCUT2D eigenvalue weighted by molar-refractivity contribution is 0.111. The summed E-state index contributed by atoms with van der Waals surface area (Å²) in [5, 5.41) is 0. The van der Waals surface area contributed by atoms with Crippen molar-refractivity contribution in [1.82, 2.24) is 4.98 Å². The molecule has 0 bridgehead atoms. The van der Waals surface area contributed by atoms with Crippen molar-refractivity contribution < 1.29 is 14.3 Å². The largest absolute Gasteiger partial charge is 0.493 e. The molecule has 1 heterocycles. The maximum Gasteiger partial charge on any atom is 0.179 e. The fraction of sp³-hybridized carbons (Fsp3) is 0.400. The summed E-state index contributed by atoms with van der Waals surface area (Å²) < 4.78 is 10.5. The molecule has 0 N–H and O–H groups in total. The van der Waals surface area contributed by atoms with Crippen molar-refractivity contribution in [3.05, 3.63) is 18.0 Å². The molecular weight excluding hydrogens is 182 g/mol. The lowest BCUT2D eigenvalue weighted by Crippen LogP contribution is -2.07. The Balaban J connectivity index is 2.98. The second-order valence-electron chi connectivity index (χ2n) is 3.04. The van der Waals surface area contributed by atoms with Gasteiger partial charge in [0.25, 0.3) is 0 Å². The summed E-state index contributed by atoms with van der Waals surface area (Å²) in [5.74, 6) is 1.07. The molecular formula is C10H13NO3. The van der Waals surface area contributed by atoms with Gasteiger partial charge in [-0.3, -0.25) is 4.79 Å². The monoisotopic (exact) mass is 195 g/mol. The molecule has 0 unspecified atom stereocenters. The molecule has 0 spiro atoms. The van der Waals surface area contributed by atoms with Crippen LogP contribution in [0, 0.1) is 0 Å². The van der Waals surface area contributed by atoms with E-state index in [1.54, 1.807) is 6.07 Å². The maximum absolute atomic E-state index is 10.4. The van der Waals surface area contributed by atoms with Gasteiger partial charge in [0, 0.05) is 6.07 Å². The van der Waals surface area contributed by atoms with Gasteiger partial charge >= 0.3 is 0 Å². The van der Waals surface area contributed by atoms with Gasteiger partial charge in [0.15, 0.2) is 17.8 Å². The summed E-state index contributed by atoms with van der Waals surface area (Å²) in [4.78, 5) is 14.3. The number of nitrogens with zero attached hydrogens (tertiary/aromatic N) is 1. The van der Waals surface area contributed by atoms with Gasteiger partial charge in [-0.2, -0.15) is 0 Å². The number of aromatic nitrogens is 1. The molecule has 0 radical (unpaired) electrons. The lowest BCUT2D eigenvalue weighted by atomic mass is 10.3. The second kappa shape index (κ2) is 4.60. The van der Waals surface area contributed by atoms with Gasteiger partial charge in [0.1, 0.15) is 5.69 Å². The zero-order valence-electron chi connectivity index (χ0n) is 8.48. The molecule has 0 aliphatic heterocycles. The summed E-state index contributed by atoms with van der Waals surface area (Å²) in [7, 11) is 1.52. The van der Waals surface area contributed by atoms with Gasteiger partial charge in [0.2, 0.25) is 0 Å². The van der Waals surface area contributed by atoms with Crippen LogP contribution in [0.2, 0.25) is 0 Å². The predicted octanol–water partition coefficient (Wildman–Crippen LogP) is 1.69. The number of carbonyl (C=O) groups excluding carboxylic acids is 1. The molecule has 0 saturated heterocycles. The minimum atomic E-state index is 0.0489. The third-order valence-electron chi connectivity index (χ3n) is 1.56. The van der Waals surface area contributed by atoms with Crippen LogP contribution in [-0.2, 0) is 0 Å². The first-order valence-corrected chi connectivity index (χ1v) is 4.33. The Hall–Kier alpha value is -1.58. The molecule has 4 heteroatoms. The van der Waals surface area contributed by atoms with Gasteiger partial charge in [-0.15, -0.1) is 0 Å². The van der Waals surface area contributed by atoms with Gasteiger partial charge in [-0.1, -0.05) is 0 Å². The Kier molecular flexibility index (Phi) is 3.45. The first-order chi connectivity index (χ1) is 6.67. The highest BCUT2D eigenvalue weighted by Gasteiger charge is 2.07. The van der Waals surface area contributed by atoms with E-state index in [1.807, 2.05) is 13.8 Å². The molecule has 0 aromatic carbocycles. The number of ether oxygens (including phenoxy) is 2. The van der Waals surface area contributed by atoms with Crippen molar-refractivity contribution in [2.24, 2.45) is 0 Å². The van der Waals surface area contributed by atoms with Crippen molar-refractivity contribution in [3.8, 4) is 11.5 Å². The molecule has 1 aromatic rings. The van der Waals surface area contributed by atoms with Gasteiger partial charge in [-0.05, 0) is 13.8 Å². The van der Waals surface area contributed by atoms with E-state index in [2.05, 4.69) is 4.98 Å². The van der Waals surface area contributed by atoms with Crippen molar-refractivity contribution >= 4 is 6.29 Å². The van der Waals surface area contributed by atoms with Crippen LogP contribution in [0.25, 0.3) is 0 Å². The summed E-state index contributed by atoms with van der Waals surface area (Å²) in [5.41, 5.74) is 0.331. The van der Waals surface area contributed by atoms with Crippen LogP contribution in [0.4, 0.5) is 0 Å². The first-order valence-electron chi connectivity index (χ1n) is 4.33. The van der Waals surface area contributed by atoms with E-state index in [0.717, 1.165) is 0 Å². The summed E-state index contributed by atoms with van der Waals surface area (Å²) in [6.45, 7) is 3.82. The van der Waals surface area contributed by atoms with Crippen LogP contribution in [0.3, 0.4) is 0 Å². The number of aldehydes is 1. The van der Waals surface area contributed by atoms with Crippen molar-refractivity contribution in [2.45, 2.75) is 20.0 Å². The Morgan fingerprint density at radius 3 is 2.64 bits per heavy atom. The van der Waals surface area contributed by atoms with Gasteiger partial charge < -0.3 is 9.47 Å². The molecule has 0 atom stereocenters. The molecule has 0 aliphatic carbocycles. The molecule has 0 amide bonds. The SMILES string of the molecule is COc1cc(C=O)ncc1OC(C)C. The van der Waals surface area contributed by atoms with Gasteiger partial charge in [-0.25, -0.2) is 4.98 Å². The number of methoxy groups -OCH3 is 1. The standard InChI is InChI=1S/C10H13NO3/c1-7(2)14-10-5-11-8(6-12)4-9(10)13-3/h4-7H,1-3H3. The Morgan fingerprint density at radius 2 is 2.14 bits per heavy atom. The minimum Gasteiger partial charge on any atom is -0.493 e. The summed E-state index contributed by atoms with van der Waals surface area (Å²) in [6, 6.07) is 1.55. The third kappa shape index (κ3) is 2.45. The van der Waals surface area contributed by atoms with Crippen LogP contribution in [0.5, 0.6) is 11.5 Å². The van der Waals surface area contributed by atoms with E-state index in [1.165, 1.54) is 13.3 Å². The highest BCUT2D eigenvalue weighted by molar-refractivity contribution is 5.73. The molecule has 0 saturated carbocycles. The van der Waals surface area contributed by atoms with E-state index in [4.69, 9.17) is 9.47 Å². The number of hydrogen-bond acceptors (Lipinski definition) is 4. The van der Waals surface area contributed by atoms with E-state index >= 15 is 0 Å². The molecule has 4 nitrogen and oxygen atoms in total. The van der Waals surface area contributed by atoms with Gasteiger partial charge in [0.05, 0.1) is 19.4 Å². The zero-order valence-corrected chi connectivity index (χ0v) is 8.48. The van der Waals surface area contributed by atoms with E-state index < -0.39 is 0 Å². The van der Waals surface area contributed by atoms with Crippen LogP contribution in [0.15, 0.2) is 12.3 Å². The Morgan fingerprint density at radius 1 is 1.43 bits per heavy atom. The van der Waals surface area contributed by atoms with E-state index in [9.17, 15) is 4.79 Å². The average Bonchev–Trinajstić information content (AvgIpc) is 2.17. The van der Waals surface area contributed by atoms with Crippen LogP contribution < -0.4 is 9.47 Å². The second-order valence-corrected chi connectivity index (χ2v) is 3.04. The van der Waals surface area contributed by atoms with Crippen LogP contribution in [-0.4, -0.2) is 24.5 Å². The zero-order chi connectivity index (χ0) is 10.6. The Bertz CT molecular complexity index is 323. The van der Waals surface area contributed by atoms with Crippen LogP contribution >= 0.6 is 0 Å². The van der Waals surface area contributed by atoms with Crippen molar-refractivity contribution in [3.63, 3.8) is 0 Å². The van der Waals surface area contributed by atoms with Crippen molar-refractivity contribution in [2.75, 3.05) is 7.11 Å². The highest BCUT2D eigenvalue weighted by atomic mass is 16.5. The molecule has 0 fully saturated rings. The first kappa shape index (κ1) is 10.5. The number of hydrogen-bond donors (Lipinski definition) is 0. The molecule has 14 heavy (non-hydrogen) atoms. The fourth-order valence-corrected chi connectivity index (χ4v) is 1.01. The maximum atomic E-state index is 10.4. The molecule has 1 rings (SSSR count). The lowest BCUT2D eigenvalue weighted by Gasteiger charge is -2.12.